The minimum absolute atomic E-state index is 0.0703. The summed E-state index contributed by atoms with van der Waals surface area (Å²) in [5, 5.41) is 6.11. The Bertz CT molecular complexity index is 736. The molecule has 2 atom stereocenters. The van der Waals surface area contributed by atoms with Gasteiger partial charge < -0.3 is 10.6 Å². The summed E-state index contributed by atoms with van der Waals surface area (Å²) in [4.78, 5) is 38.5. The van der Waals surface area contributed by atoms with Crippen molar-refractivity contribution in [3.05, 3.63) is 28.8 Å². The number of urea groups is 1. The lowest BCUT2D eigenvalue weighted by Gasteiger charge is -2.36. The molecule has 1 spiro atoms. The fourth-order valence-corrected chi connectivity index (χ4v) is 3.89. The highest BCUT2D eigenvalue weighted by molar-refractivity contribution is 6.31. The predicted octanol–water partition coefficient (Wildman–Crippen LogP) is 3.09. The van der Waals surface area contributed by atoms with Gasteiger partial charge in [0, 0.05) is 10.7 Å². The lowest BCUT2D eigenvalue weighted by Crippen LogP contribution is -2.54. The number of nitrogens with zero attached hydrogens (tertiary/aromatic N) is 1. The van der Waals surface area contributed by atoms with Crippen LogP contribution in [0.15, 0.2) is 18.2 Å². The topological polar surface area (TPSA) is 78.5 Å². The molecular weight excluding hydrogens is 342 g/mol. The highest BCUT2D eigenvalue weighted by atomic mass is 35.5. The Balaban J connectivity index is 1.72. The van der Waals surface area contributed by atoms with Crippen molar-refractivity contribution in [3.63, 3.8) is 0 Å². The maximum Gasteiger partial charge on any atom is 0.325 e. The quantitative estimate of drug-likeness (QED) is 0.810. The Morgan fingerprint density at radius 2 is 2.16 bits per heavy atom. The van der Waals surface area contributed by atoms with E-state index in [1.165, 1.54) is 0 Å². The van der Waals surface area contributed by atoms with Gasteiger partial charge in [-0.2, -0.15) is 0 Å². The monoisotopic (exact) mass is 363 g/mol. The number of hydrogen-bond donors (Lipinski definition) is 2. The number of halogens is 1. The molecule has 4 amide bonds. The maximum atomic E-state index is 12.9. The Kier molecular flexibility index (Phi) is 4.73. The fourth-order valence-electron chi connectivity index (χ4n) is 3.72. The van der Waals surface area contributed by atoms with Gasteiger partial charge in [-0.3, -0.25) is 14.5 Å². The highest BCUT2D eigenvalue weighted by Gasteiger charge is 2.55. The SMILES string of the molecule is Cc1c(Cl)cccc1NC(=O)CN1C(=O)N[C@]2(CCCC[C@H]2C)C1=O. The van der Waals surface area contributed by atoms with Crippen LogP contribution in [0.5, 0.6) is 0 Å². The van der Waals surface area contributed by atoms with E-state index < -0.39 is 17.5 Å². The van der Waals surface area contributed by atoms with Gasteiger partial charge in [-0.05, 0) is 43.4 Å². The second kappa shape index (κ2) is 6.67. The zero-order valence-corrected chi connectivity index (χ0v) is 15.2. The molecule has 7 heteroatoms. The van der Waals surface area contributed by atoms with Crippen LogP contribution in [-0.2, 0) is 9.59 Å². The van der Waals surface area contributed by atoms with Gasteiger partial charge in [0.05, 0.1) is 0 Å². The molecule has 1 aliphatic heterocycles. The van der Waals surface area contributed by atoms with Gasteiger partial charge in [0.15, 0.2) is 0 Å². The Labute approximate surface area is 151 Å². The molecule has 1 saturated carbocycles. The molecule has 0 bridgehead atoms. The molecule has 1 aromatic carbocycles. The average molecular weight is 364 g/mol. The number of nitrogens with one attached hydrogen (secondary N) is 2. The van der Waals surface area contributed by atoms with E-state index in [1.54, 1.807) is 25.1 Å². The third-order valence-corrected chi connectivity index (χ3v) is 5.75. The van der Waals surface area contributed by atoms with Crippen molar-refractivity contribution in [1.82, 2.24) is 10.2 Å². The molecule has 3 rings (SSSR count). The molecule has 0 radical (unpaired) electrons. The van der Waals surface area contributed by atoms with E-state index in [0.717, 1.165) is 29.7 Å². The summed E-state index contributed by atoms with van der Waals surface area (Å²) in [5.41, 5.74) is 0.471. The zero-order valence-electron chi connectivity index (χ0n) is 14.4. The maximum absolute atomic E-state index is 12.9. The smallest absolute Gasteiger partial charge is 0.324 e. The summed E-state index contributed by atoms with van der Waals surface area (Å²) in [5.74, 6) is -0.641. The first-order valence-electron chi connectivity index (χ1n) is 8.54. The van der Waals surface area contributed by atoms with Crippen LogP contribution in [0, 0.1) is 12.8 Å². The van der Waals surface area contributed by atoms with Crippen molar-refractivity contribution in [2.75, 3.05) is 11.9 Å². The molecule has 2 fully saturated rings. The Morgan fingerprint density at radius 1 is 1.40 bits per heavy atom. The van der Waals surface area contributed by atoms with Crippen molar-refractivity contribution in [2.24, 2.45) is 5.92 Å². The van der Waals surface area contributed by atoms with E-state index in [-0.39, 0.29) is 18.4 Å². The number of hydrogen-bond acceptors (Lipinski definition) is 3. The number of rotatable bonds is 3. The summed E-state index contributed by atoms with van der Waals surface area (Å²) in [6, 6.07) is 4.71. The summed E-state index contributed by atoms with van der Waals surface area (Å²) in [6.45, 7) is 3.48. The van der Waals surface area contributed by atoms with E-state index in [1.807, 2.05) is 6.92 Å². The molecule has 0 aromatic heterocycles. The molecule has 2 N–H and O–H groups in total. The standard InChI is InChI=1S/C18H22ClN3O3/c1-11-6-3-4-9-18(11)16(24)22(17(25)21-18)10-15(23)20-14-8-5-7-13(19)12(14)2/h5,7-8,11H,3-4,6,9-10H2,1-2H3,(H,20,23)(H,21,25)/t11-,18+/m1/s1. The normalized spacial score (nSPS) is 26.0. The summed E-state index contributed by atoms with van der Waals surface area (Å²) in [6.07, 6.45) is 3.48. The second-order valence-electron chi connectivity index (χ2n) is 6.90. The van der Waals surface area contributed by atoms with E-state index in [0.29, 0.717) is 17.1 Å². The summed E-state index contributed by atoms with van der Waals surface area (Å²) >= 11 is 6.05. The van der Waals surface area contributed by atoms with Crippen LogP contribution < -0.4 is 10.6 Å². The Hall–Kier alpha value is -2.08. The first kappa shape index (κ1) is 17.7. The van der Waals surface area contributed by atoms with E-state index in [2.05, 4.69) is 10.6 Å². The van der Waals surface area contributed by atoms with Crippen LogP contribution in [0.3, 0.4) is 0 Å². The molecule has 134 valence electrons. The highest BCUT2D eigenvalue weighted by Crippen LogP contribution is 2.38. The molecule has 25 heavy (non-hydrogen) atoms. The third kappa shape index (κ3) is 3.11. The van der Waals surface area contributed by atoms with Crippen molar-refractivity contribution in [2.45, 2.75) is 45.1 Å². The molecule has 2 aliphatic rings. The predicted molar refractivity (Wildman–Crippen MR) is 95.4 cm³/mol. The van der Waals surface area contributed by atoms with Crippen LogP contribution in [0.2, 0.25) is 5.02 Å². The molecule has 1 saturated heterocycles. The fraction of sp³-hybridized carbons (Fsp3) is 0.500. The van der Waals surface area contributed by atoms with E-state index in [4.69, 9.17) is 11.6 Å². The first-order valence-corrected chi connectivity index (χ1v) is 8.92. The number of anilines is 1. The second-order valence-corrected chi connectivity index (χ2v) is 7.31. The van der Waals surface area contributed by atoms with Gasteiger partial charge in [-0.15, -0.1) is 0 Å². The van der Waals surface area contributed by atoms with Crippen molar-refractivity contribution in [3.8, 4) is 0 Å². The van der Waals surface area contributed by atoms with Crippen LogP contribution in [0.1, 0.15) is 38.2 Å². The average Bonchev–Trinajstić information content (AvgIpc) is 2.80. The summed E-state index contributed by atoms with van der Waals surface area (Å²) < 4.78 is 0. The largest absolute Gasteiger partial charge is 0.325 e. The minimum Gasteiger partial charge on any atom is -0.324 e. The van der Waals surface area contributed by atoms with Crippen molar-refractivity contribution < 1.29 is 14.4 Å². The number of carbonyl (C=O) groups is 3. The number of amides is 4. The lowest BCUT2D eigenvalue weighted by molar-refractivity contribution is -0.136. The number of carbonyl (C=O) groups excluding carboxylic acids is 3. The van der Waals surface area contributed by atoms with Crippen molar-refractivity contribution >= 4 is 35.1 Å². The molecular formula is C18H22ClN3O3. The van der Waals surface area contributed by atoms with Crippen LogP contribution in [-0.4, -0.2) is 34.8 Å². The molecule has 1 aromatic rings. The number of benzene rings is 1. The molecule has 1 heterocycles. The first-order chi connectivity index (χ1) is 11.8. The van der Waals surface area contributed by atoms with E-state index in [9.17, 15) is 14.4 Å². The van der Waals surface area contributed by atoms with Crippen molar-refractivity contribution in [1.29, 1.82) is 0 Å². The van der Waals surface area contributed by atoms with Crippen LogP contribution in [0.4, 0.5) is 10.5 Å². The van der Waals surface area contributed by atoms with Gasteiger partial charge in [0.1, 0.15) is 12.1 Å². The van der Waals surface area contributed by atoms with Gasteiger partial charge in [0.2, 0.25) is 5.91 Å². The molecule has 1 aliphatic carbocycles. The van der Waals surface area contributed by atoms with Crippen LogP contribution >= 0.6 is 11.6 Å². The van der Waals surface area contributed by atoms with Gasteiger partial charge >= 0.3 is 6.03 Å². The summed E-state index contributed by atoms with van der Waals surface area (Å²) in [7, 11) is 0. The minimum atomic E-state index is -0.846. The Morgan fingerprint density at radius 3 is 2.88 bits per heavy atom. The van der Waals surface area contributed by atoms with Crippen LogP contribution in [0.25, 0.3) is 0 Å². The number of imide groups is 1. The zero-order chi connectivity index (χ0) is 18.2. The lowest BCUT2D eigenvalue weighted by atomic mass is 9.73. The molecule has 6 nitrogen and oxygen atoms in total. The van der Waals surface area contributed by atoms with Gasteiger partial charge in [0.25, 0.3) is 5.91 Å². The van der Waals surface area contributed by atoms with E-state index >= 15 is 0 Å². The third-order valence-electron chi connectivity index (χ3n) is 5.34. The van der Waals surface area contributed by atoms with Gasteiger partial charge in [-0.1, -0.05) is 37.4 Å². The molecule has 0 unspecified atom stereocenters. The van der Waals surface area contributed by atoms with Gasteiger partial charge in [-0.25, -0.2) is 4.79 Å².